The third-order valence-corrected chi connectivity index (χ3v) is 5.19. The molecule has 1 fully saturated rings. The minimum Gasteiger partial charge on any atom is -0.507 e. The van der Waals surface area contributed by atoms with Crippen molar-refractivity contribution in [3.8, 4) is 5.75 Å². The minimum absolute atomic E-state index is 0.00518. The summed E-state index contributed by atoms with van der Waals surface area (Å²) < 4.78 is 0.452. The van der Waals surface area contributed by atoms with Crippen LogP contribution in [0, 0.1) is 6.92 Å². The van der Waals surface area contributed by atoms with E-state index in [2.05, 4.69) is 21.2 Å². The van der Waals surface area contributed by atoms with Crippen molar-refractivity contribution in [2.75, 3.05) is 4.90 Å². The Hall–Kier alpha value is -2.22. The minimum atomic E-state index is -0.583. The van der Waals surface area contributed by atoms with Crippen molar-refractivity contribution in [3.63, 3.8) is 0 Å². The largest absolute Gasteiger partial charge is 0.507 e. The van der Waals surface area contributed by atoms with Gasteiger partial charge < -0.3 is 5.11 Å². The topological polar surface area (TPSA) is 69.6 Å². The van der Waals surface area contributed by atoms with Crippen molar-refractivity contribution < 1.29 is 14.7 Å². The summed E-state index contributed by atoms with van der Waals surface area (Å²) in [6.07, 6.45) is 1.44. The van der Waals surface area contributed by atoms with Gasteiger partial charge in [-0.25, -0.2) is 0 Å². The van der Waals surface area contributed by atoms with E-state index in [4.69, 9.17) is 23.8 Å². The van der Waals surface area contributed by atoms with Crippen LogP contribution in [0.4, 0.5) is 5.69 Å². The molecule has 5 nitrogen and oxygen atoms in total. The van der Waals surface area contributed by atoms with Crippen LogP contribution in [0.3, 0.4) is 0 Å². The van der Waals surface area contributed by atoms with E-state index in [1.165, 1.54) is 17.0 Å². The van der Waals surface area contributed by atoms with E-state index in [0.29, 0.717) is 26.3 Å². The number of amides is 2. The molecule has 2 N–H and O–H groups in total. The molecule has 1 aliphatic rings. The first-order valence-electron chi connectivity index (χ1n) is 7.44. The number of thiocarbonyl (C=S) groups is 1. The lowest BCUT2D eigenvalue weighted by Crippen LogP contribution is -2.54. The Kier molecular flexibility index (Phi) is 5.13. The molecule has 2 aromatic rings. The summed E-state index contributed by atoms with van der Waals surface area (Å²) in [5, 5.41) is 12.6. The summed E-state index contributed by atoms with van der Waals surface area (Å²) in [6.45, 7) is 1.77. The first-order valence-corrected chi connectivity index (χ1v) is 9.02. The number of benzene rings is 2. The normalized spacial score (nSPS) is 16.2. The van der Waals surface area contributed by atoms with Gasteiger partial charge in [-0.1, -0.05) is 23.7 Å². The van der Waals surface area contributed by atoms with Gasteiger partial charge >= 0.3 is 0 Å². The molecule has 1 heterocycles. The molecular formula is C18H12BrClN2O3S. The van der Waals surface area contributed by atoms with Gasteiger partial charge in [-0.15, -0.1) is 0 Å². The fourth-order valence-corrected chi connectivity index (χ4v) is 3.33. The van der Waals surface area contributed by atoms with Crippen LogP contribution in [0.1, 0.15) is 11.1 Å². The molecule has 2 aromatic carbocycles. The van der Waals surface area contributed by atoms with E-state index in [9.17, 15) is 14.7 Å². The average molecular weight is 452 g/mol. The molecule has 0 unspecified atom stereocenters. The molecule has 0 saturated carbocycles. The number of nitrogens with one attached hydrogen (secondary N) is 1. The summed E-state index contributed by atoms with van der Waals surface area (Å²) in [5.41, 5.74) is 1.68. The zero-order valence-electron chi connectivity index (χ0n) is 13.4. The van der Waals surface area contributed by atoms with Crippen LogP contribution in [0.2, 0.25) is 5.02 Å². The Morgan fingerprint density at radius 2 is 2.00 bits per heavy atom. The summed E-state index contributed by atoms with van der Waals surface area (Å²) in [7, 11) is 0. The average Bonchev–Trinajstić information content (AvgIpc) is 2.58. The molecule has 0 radical (unpaired) electrons. The molecule has 8 heteroatoms. The van der Waals surface area contributed by atoms with E-state index < -0.39 is 11.8 Å². The highest BCUT2D eigenvalue weighted by Crippen LogP contribution is 2.30. The van der Waals surface area contributed by atoms with Crippen LogP contribution in [0.5, 0.6) is 5.75 Å². The standard InChI is InChI=1S/C18H12BrClN2O3S/c1-9-13(20)3-2-4-14(9)22-17(25)11(16(24)21-18(22)26)7-10-5-6-15(23)12(19)8-10/h2-8,23H,1H3,(H,21,24,26)/b11-7+. The third-order valence-electron chi connectivity index (χ3n) is 3.86. The number of anilines is 1. The van der Waals surface area contributed by atoms with Gasteiger partial charge in [-0.05, 0) is 76.5 Å². The fraction of sp³-hybridized carbons (Fsp3) is 0.0556. The lowest BCUT2D eigenvalue weighted by Gasteiger charge is -2.30. The predicted molar refractivity (Wildman–Crippen MR) is 108 cm³/mol. The van der Waals surface area contributed by atoms with Crippen molar-refractivity contribution in [1.82, 2.24) is 5.32 Å². The molecule has 0 spiro atoms. The molecule has 0 aliphatic carbocycles. The van der Waals surface area contributed by atoms with Gasteiger partial charge in [0.2, 0.25) is 0 Å². The van der Waals surface area contributed by atoms with Gasteiger partial charge in [0.1, 0.15) is 11.3 Å². The Labute approximate surface area is 168 Å². The molecule has 0 bridgehead atoms. The highest BCUT2D eigenvalue weighted by Gasteiger charge is 2.35. The van der Waals surface area contributed by atoms with Crippen LogP contribution < -0.4 is 10.2 Å². The zero-order chi connectivity index (χ0) is 19.0. The monoisotopic (exact) mass is 450 g/mol. The summed E-state index contributed by atoms with van der Waals surface area (Å²) >= 11 is 14.5. The SMILES string of the molecule is Cc1c(Cl)cccc1N1C(=O)/C(=C/c2ccc(O)c(Br)c2)C(=O)NC1=S. The summed E-state index contributed by atoms with van der Waals surface area (Å²) in [5.74, 6) is -1.07. The molecule has 132 valence electrons. The second kappa shape index (κ2) is 7.19. The van der Waals surface area contributed by atoms with Gasteiger partial charge in [-0.2, -0.15) is 0 Å². The number of carbonyl (C=O) groups excluding carboxylic acids is 2. The number of phenols is 1. The quantitative estimate of drug-likeness (QED) is 0.412. The highest BCUT2D eigenvalue weighted by atomic mass is 79.9. The Bertz CT molecular complexity index is 990. The molecule has 3 rings (SSSR count). The Morgan fingerprint density at radius 1 is 1.27 bits per heavy atom. The van der Waals surface area contributed by atoms with Crippen LogP contribution in [-0.2, 0) is 9.59 Å². The van der Waals surface area contributed by atoms with E-state index in [1.807, 2.05) is 0 Å². The number of carbonyl (C=O) groups is 2. The third kappa shape index (κ3) is 3.38. The van der Waals surface area contributed by atoms with E-state index >= 15 is 0 Å². The van der Waals surface area contributed by atoms with Gasteiger partial charge in [0.25, 0.3) is 11.8 Å². The van der Waals surface area contributed by atoms with E-state index in [-0.39, 0.29) is 16.4 Å². The number of hydrogen-bond donors (Lipinski definition) is 2. The number of aromatic hydroxyl groups is 1. The second-order valence-corrected chi connectivity index (χ2v) is 7.20. The van der Waals surface area contributed by atoms with Crippen LogP contribution in [-0.4, -0.2) is 22.0 Å². The predicted octanol–water partition coefficient (Wildman–Crippen LogP) is 3.95. The molecular weight excluding hydrogens is 440 g/mol. The zero-order valence-corrected chi connectivity index (χ0v) is 16.6. The van der Waals surface area contributed by atoms with Gasteiger partial charge in [0, 0.05) is 5.02 Å². The van der Waals surface area contributed by atoms with Gasteiger partial charge in [0.15, 0.2) is 5.11 Å². The number of hydrogen-bond acceptors (Lipinski definition) is 4. The number of rotatable bonds is 2. The van der Waals surface area contributed by atoms with Crippen molar-refractivity contribution in [1.29, 1.82) is 0 Å². The van der Waals surface area contributed by atoms with Crippen LogP contribution in [0.15, 0.2) is 46.4 Å². The number of nitrogens with zero attached hydrogens (tertiary/aromatic N) is 1. The maximum atomic E-state index is 13.0. The van der Waals surface area contributed by atoms with E-state index in [1.54, 1.807) is 37.3 Å². The van der Waals surface area contributed by atoms with Crippen molar-refractivity contribution in [3.05, 3.63) is 62.6 Å². The summed E-state index contributed by atoms with van der Waals surface area (Å²) in [4.78, 5) is 26.5. The molecule has 0 aromatic heterocycles. The molecule has 1 saturated heterocycles. The number of halogens is 2. The first-order chi connectivity index (χ1) is 12.3. The lowest BCUT2D eigenvalue weighted by atomic mass is 10.1. The highest BCUT2D eigenvalue weighted by molar-refractivity contribution is 9.10. The Morgan fingerprint density at radius 3 is 2.69 bits per heavy atom. The van der Waals surface area contributed by atoms with Crippen LogP contribution in [0.25, 0.3) is 6.08 Å². The van der Waals surface area contributed by atoms with Gasteiger partial charge in [-0.3, -0.25) is 19.8 Å². The maximum absolute atomic E-state index is 13.0. The molecule has 26 heavy (non-hydrogen) atoms. The fourth-order valence-electron chi connectivity index (χ4n) is 2.49. The van der Waals surface area contributed by atoms with E-state index in [0.717, 1.165) is 0 Å². The van der Waals surface area contributed by atoms with Crippen LogP contribution >= 0.6 is 39.7 Å². The van der Waals surface area contributed by atoms with Crippen molar-refractivity contribution in [2.24, 2.45) is 0 Å². The Balaban J connectivity index is 2.07. The molecule has 2 amide bonds. The molecule has 0 atom stereocenters. The molecule has 1 aliphatic heterocycles. The smallest absolute Gasteiger partial charge is 0.270 e. The second-order valence-electron chi connectivity index (χ2n) is 5.55. The maximum Gasteiger partial charge on any atom is 0.270 e. The number of phenolic OH excluding ortho intramolecular Hbond substituents is 1. The first kappa shape index (κ1) is 18.6. The summed E-state index contributed by atoms with van der Waals surface area (Å²) in [6, 6.07) is 9.78. The lowest BCUT2D eigenvalue weighted by molar-refractivity contribution is -0.122. The van der Waals surface area contributed by atoms with Gasteiger partial charge in [0.05, 0.1) is 10.2 Å². The van der Waals surface area contributed by atoms with Crippen molar-refractivity contribution >= 4 is 68.4 Å². The van der Waals surface area contributed by atoms with Crippen molar-refractivity contribution in [2.45, 2.75) is 6.92 Å².